The van der Waals surface area contributed by atoms with Crippen molar-refractivity contribution in [3.63, 3.8) is 0 Å². The maximum Gasteiger partial charge on any atom is 0.165 e. The Kier molecular flexibility index (Phi) is 4.49. The molecule has 8 heteroatoms. The fourth-order valence-electron chi connectivity index (χ4n) is 3.84. The number of hydrogen-bond donors (Lipinski definition) is 2. The molecule has 1 aliphatic rings. The fourth-order valence-corrected chi connectivity index (χ4v) is 5.77. The number of benzene rings is 1. The van der Waals surface area contributed by atoms with Crippen LogP contribution in [0.3, 0.4) is 0 Å². The van der Waals surface area contributed by atoms with E-state index in [0.29, 0.717) is 22.9 Å². The highest BCUT2D eigenvalue weighted by Crippen LogP contribution is 2.40. The molecular formula is C20H18F2N4S2. The molecule has 28 heavy (non-hydrogen) atoms. The number of fused-ring (bicyclic) bond motifs is 2. The molecule has 0 unspecified atom stereocenters. The minimum Gasteiger partial charge on any atom is -0.350 e. The van der Waals surface area contributed by atoms with Gasteiger partial charge in [-0.15, -0.1) is 22.7 Å². The van der Waals surface area contributed by atoms with Crippen LogP contribution in [-0.4, -0.2) is 22.6 Å². The third-order valence-corrected chi connectivity index (χ3v) is 7.31. The number of nitrogens with one attached hydrogen (secondary N) is 2. The van der Waals surface area contributed by atoms with Crippen molar-refractivity contribution in [3.05, 3.63) is 46.4 Å². The van der Waals surface area contributed by atoms with Crippen LogP contribution in [0.25, 0.3) is 20.4 Å². The smallest absolute Gasteiger partial charge is 0.165 e. The van der Waals surface area contributed by atoms with Crippen molar-refractivity contribution in [2.45, 2.75) is 31.7 Å². The first-order valence-corrected chi connectivity index (χ1v) is 10.9. The van der Waals surface area contributed by atoms with Gasteiger partial charge in [-0.05, 0) is 44.5 Å². The molecule has 5 rings (SSSR count). The van der Waals surface area contributed by atoms with Crippen molar-refractivity contribution < 1.29 is 8.78 Å². The molecule has 2 atom stereocenters. The maximum absolute atomic E-state index is 14.7. The highest BCUT2D eigenvalue weighted by atomic mass is 32.1. The average molecular weight is 417 g/mol. The van der Waals surface area contributed by atoms with Crippen LogP contribution in [0.15, 0.2) is 29.9 Å². The fraction of sp³-hybridized carbons (Fsp3) is 0.300. The molecule has 0 amide bonds. The average Bonchev–Trinajstić information content (AvgIpc) is 3.31. The molecule has 1 saturated heterocycles. The summed E-state index contributed by atoms with van der Waals surface area (Å²) < 4.78 is 29.9. The standard InChI is InChI=1S/C20H18F2N4S2/c1-10-11(3-2-4-23-10)17-5-12-19(14(22)8-24-20(12)28-17)26-15-7-16-18(6-13(15)21)27-9-25-16/h5-11,23H,2-4H2,1H3,(H,24,26)/t10-,11+/m0/s1. The third-order valence-electron chi connectivity index (χ3n) is 5.34. The second-order valence-electron chi connectivity index (χ2n) is 7.12. The molecule has 1 fully saturated rings. The predicted octanol–water partition coefficient (Wildman–Crippen LogP) is 5.78. The van der Waals surface area contributed by atoms with Gasteiger partial charge < -0.3 is 10.6 Å². The highest BCUT2D eigenvalue weighted by molar-refractivity contribution is 7.18. The minimum atomic E-state index is -0.496. The first-order chi connectivity index (χ1) is 13.6. The number of hydrogen-bond acceptors (Lipinski definition) is 6. The van der Waals surface area contributed by atoms with Crippen molar-refractivity contribution >= 4 is 54.5 Å². The molecule has 0 spiro atoms. The Balaban J connectivity index is 1.58. The van der Waals surface area contributed by atoms with E-state index in [4.69, 9.17) is 0 Å². The number of anilines is 2. The summed E-state index contributed by atoms with van der Waals surface area (Å²) in [5.74, 6) is -0.543. The van der Waals surface area contributed by atoms with Crippen molar-refractivity contribution in [3.8, 4) is 0 Å². The number of thiophene rings is 1. The zero-order chi connectivity index (χ0) is 19.3. The maximum atomic E-state index is 14.7. The molecule has 3 aromatic heterocycles. The molecule has 2 N–H and O–H groups in total. The quantitative estimate of drug-likeness (QED) is 0.444. The number of aromatic nitrogens is 2. The molecule has 0 saturated carbocycles. The molecule has 0 bridgehead atoms. The lowest BCUT2D eigenvalue weighted by molar-refractivity contribution is 0.375. The van der Waals surface area contributed by atoms with Crippen LogP contribution in [0.4, 0.5) is 20.2 Å². The second kappa shape index (κ2) is 7.02. The van der Waals surface area contributed by atoms with Crippen LogP contribution in [0.1, 0.15) is 30.6 Å². The zero-order valence-electron chi connectivity index (χ0n) is 15.1. The van der Waals surface area contributed by atoms with Gasteiger partial charge in [-0.1, -0.05) is 0 Å². The summed E-state index contributed by atoms with van der Waals surface area (Å²) in [6.07, 6.45) is 3.42. The normalized spacial score (nSPS) is 20.1. The van der Waals surface area contributed by atoms with Crippen LogP contribution >= 0.6 is 22.7 Å². The molecule has 4 heterocycles. The first kappa shape index (κ1) is 17.9. The van der Waals surface area contributed by atoms with Crippen molar-refractivity contribution in [1.82, 2.24) is 15.3 Å². The number of nitrogens with zero attached hydrogens (tertiary/aromatic N) is 2. The van der Waals surface area contributed by atoms with E-state index in [1.165, 1.54) is 28.5 Å². The first-order valence-electron chi connectivity index (χ1n) is 9.21. The molecule has 144 valence electrons. The van der Waals surface area contributed by atoms with Gasteiger partial charge in [-0.3, -0.25) is 0 Å². The lowest BCUT2D eigenvalue weighted by Crippen LogP contribution is -2.37. The minimum absolute atomic E-state index is 0.213. The summed E-state index contributed by atoms with van der Waals surface area (Å²) in [4.78, 5) is 10.4. The van der Waals surface area contributed by atoms with Gasteiger partial charge in [-0.25, -0.2) is 18.7 Å². The highest BCUT2D eigenvalue weighted by Gasteiger charge is 2.25. The lowest BCUT2D eigenvalue weighted by Gasteiger charge is -2.29. The van der Waals surface area contributed by atoms with Gasteiger partial charge >= 0.3 is 0 Å². The zero-order valence-corrected chi connectivity index (χ0v) is 16.8. The largest absolute Gasteiger partial charge is 0.350 e. The molecular weight excluding hydrogens is 398 g/mol. The SMILES string of the molecule is C[C@@H]1NCCC[C@H]1c1cc2c(Nc3cc4ncsc4cc3F)c(F)cnc2s1. The summed E-state index contributed by atoms with van der Waals surface area (Å²) in [5.41, 5.74) is 2.83. The van der Waals surface area contributed by atoms with Gasteiger partial charge in [0.25, 0.3) is 0 Å². The number of halogens is 2. The lowest BCUT2D eigenvalue weighted by atomic mass is 9.90. The summed E-state index contributed by atoms with van der Waals surface area (Å²) in [6, 6.07) is 5.42. The summed E-state index contributed by atoms with van der Waals surface area (Å²) in [5, 5.41) is 7.15. The summed E-state index contributed by atoms with van der Waals surface area (Å²) >= 11 is 2.96. The molecule has 4 aromatic rings. The van der Waals surface area contributed by atoms with Crippen LogP contribution in [0.5, 0.6) is 0 Å². The number of thiazole rings is 1. The Hall–Kier alpha value is -2.16. The number of pyridine rings is 1. The molecule has 1 aliphatic heterocycles. The molecule has 4 nitrogen and oxygen atoms in total. The summed E-state index contributed by atoms with van der Waals surface area (Å²) in [6.45, 7) is 3.21. The van der Waals surface area contributed by atoms with Gasteiger partial charge in [0.2, 0.25) is 0 Å². The Morgan fingerprint density at radius 2 is 2.07 bits per heavy atom. The van der Waals surface area contributed by atoms with E-state index in [2.05, 4.69) is 27.5 Å². The van der Waals surface area contributed by atoms with Crippen LogP contribution < -0.4 is 10.6 Å². The van der Waals surface area contributed by atoms with Crippen molar-refractivity contribution in [1.29, 1.82) is 0 Å². The second-order valence-corrected chi connectivity index (χ2v) is 9.07. The van der Waals surface area contributed by atoms with Gasteiger partial charge in [0, 0.05) is 22.2 Å². The molecule has 0 aliphatic carbocycles. The Labute approximate surface area is 168 Å². The van der Waals surface area contributed by atoms with Crippen molar-refractivity contribution in [2.24, 2.45) is 0 Å². The summed E-state index contributed by atoms with van der Waals surface area (Å²) in [7, 11) is 0. The topological polar surface area (TPSA) is 49.8 Å². The van der Waals surface area contributed by atoms with E-state index < -0.39 is 11.6 Å². The van der Waals surface area contributed by atoms with Crippen LogP contribution in [-0.2, 0) is 0 Å². The Morgan fingerprint density at radius 1 is 1.18 bits per heavy atom. The predicted molar refractivity (Wildman–Crippen MR) is 112 cm³/mol. The van der Waals surface area contributed by atoms with Crippen molar-refractivity contribution in [2.75, 3.05) is 11.9 Å². The van der Waals surface area contributed by atoms with E-state index in [9.17, 15) is 8.78 Å². The van der Waals surface area contributed by atoms with Gasteiger partial charge in [-0.2, -0.15) is 0 Å². The third kappa shape index (κ3) is 3.05. The number of piperidine rings is 1. The van der Waals surface area contributed by atoms with E-state index in [0.717, 1.165) is 28.9 Å². The van der Waals surface area contributed by atoms with Gasteiger partial charge in [0.1, 0.15) is 10.6 Å². The molecule has 1 aromatic carbocycles. The van der Waals surface area contributed by atoms with E-state index >= 15 is 0 Å². The van der Waals surface area contributed by atoms with Crippen LogP contribution in [0.2, 0.25) is 0 Å². The van der Waals surface area contributed by atoms with Gasteiger partial charge in [0.15, 0.2) is 5.82 Å². The van der Waals surface area contributed by atoms with Crippen LogP contribution in [0, 0.1) is 11.6 Å². The van der Waals surface area contributed by atoms with Gasteiger partial charge in [0.05, 0.1) is 33.3 Å². The monoisotopic (exact) mass is 416 g/mol. The Bertz CT molecular complexity index is 1170. The van der Waals surface area contributed by atoms with E-state index in [1.54, 1.807) is 22.9 Å². The van der Waals surface area contributed by atoms with E-state index in [1.807, 2.05) is 6.07 Å². The molecule has 0 radical (unpaired) electrons. The Morgan fingerprint density at radius 3 is 2.93 bits per heavy atom. The number of rotatable bonds is 3. The van der Waals surface area contributed by atoms with E-state index in [-0.39, 0.29) is 11.4 Å².